The fourth-order valence-electron chi connectivity index (χ4n) is 5.07. The third-order valence-electron chi connectivity index (χ3n) is 7.37. The van der Waals surface area contributed by atoms with E-state index in [1.54, 1.807) is 7.11 Å². The summed E-state index contributed by atoms with van der Waals surface area (Å²) < 4.78 is 18.6. The van der Waals surface area contributed by atoms with Crippen molar-refractivity contribution >= 4 is 25.0 Å². The average molecular weight is 533 g/mol. The summed E-state index contributed by atoms with van der Waals surface area (Å²) in [5.41, 5.74) is 1.07. The van der Waals surface area contributed by atoms with Gasteiger partial charge < -0.3 is 18.7 Å². The Balaban J connectivity index is 1.71. The number of aldehydes is 1. The molecule has 0 bridgehead atoms. The molecule has 0 aliphatic carbocycles. The van der Waals surface area contributed by atoms with Crippen molar-refractivity contribution < 1.29 is 18.7 Å². The minimum atomic E-state index is -2.56. The molecular formula is C33H44O4Si. The average Bonchev–Trinajstić information content (AvgIpc) is 2.93. The molecule has 0 spiro atoms. The first-order valence-electron chi connectivity index (χ1n) is 13.7. The Hall–Kier alpha value is -2.73. The molecule has 0 saturated carbocycles. The Bertz CT molecular complexity index is 1050. The zero-order valence-corrected chi connectivity index (χ0v) is 24.9. The molecule has 38 heavy (non-hydrogen) atoms. The third-order valence-corrected chi connectivity index (χ3v) is 12.4. The minimum absolute atomic E-state index is 0.0501. The summed E-state index contributed by atoms with van der Waals surface area (Å²) in [7, 11) is -0.903. The molecule has 3 rings (SSSR count). The summed E-state index contributed by atoms with van der Waals surface area (Å²) >= 11 is 0. The molecule has 0 N–H and O–H groups in total. The first kappa shape index (κ1) is 29.8. The monoisotopic (exact) mass is 532 g/mol. The molecule has 4 nitrogen and oxygen atoms in total. The number of hydrogen-bond donors (Lipinski definition) is 0. The maximum Gasteiger partial charge on any atom is 0.261 e. The van der Waals surface area contributed by atoms with E-state index >= 15 is 0 Å². The van der Waals surface area contributed by atoms with E-state index in [4.69, 9.17) is 13.9 Å². The van der Waals surface area contributed by atoms with Crippen molar-refractivity contribution in [3.63, 3.8) is 0 Å². The largest absolute Gasteiger partial charge is 0.497 e. The zero-order chi connectivity index (χ0) is 27.6. The lowest BCUT2D eigenvalue weighted by molar-refractivity contribution is -0.116. The molecule has 5 heteroatoms. The van der Waals surface area contributed by atoms with Crippen LogP contribution in [0.15, 0.2) is 84.9 Å². The second-order valence-electron chi connectivity index (χ2n) is 11.3. The van der Waals surface area contributed by atoms with Crippen molar-refractivity contribution in [2.24, 2.45) is 11.8 Å². The van der Waals surface area contributed by atoms with Gasteiger partial charge in [0, 0.05) is 12.5 Å². The topological polar surface area (TPSA) is 44.8 Å². The fraction of sp³-hybridized carbons (Fsp3) is 0.424. The number of methoxy groups -OCH3 is 1. The normalized spacial score (nSPS) is 14.5. The molecule has 0 aliphatic heterocycles. The van der Waals surface area contributed by atoms with Crippen molar-refractivity contribution in [1.82, 2.24) is 0 Å². The number of carbonyl (C=O) groups excluding carboxylic acids is 1. The lowest BCUT2D eigenvalue weighted by Gasteiger charge is -2.43. The molecule has 0 fully saturated rings. The third kappa shape index (κ3) is 7.43. The predicted octanol–water partition coefficient (Wildman–Crippen LogP) is 6.41. The summed E-state index contributed by atoms with van der Waals surface area (Å²) in [5, 5.41) is 2.54. The van der Waals surface area contributed by atoms with Gasteiger partial charge in [-0.15, -0.1) is 0 Å². The van der Waals surface area contributed by atoms with E-state index in [-0.39, 0.29) is 17.1 Å². The van der Waals surface area contributed by atoms with Gasteiger partial charge in [0.05, 0.1) is 19.8 Å². The molecule has 204 valence electrons. The van der Waals surface area contributed by atoms with E-state index in [0.29, 0.717) is 19.1 Å². The first-order chi connectivity index (χ1) is 18.2. The quantitative estimate of drug-likeness (QED) is 0.178. The lowest BCUT2D eigenvalue weighted by Crippen LogP contribution is -2.66. The Labute approximate surface area is 230 Å². The van der Waals surface area contributed by atoms with Crippen LogP contribution in [0, 0.1) is 11.8 Å². The molecule has 3 aromatic rings. The summed E-state index contributed by atoms with van der Waals surface area (Å²) in [5.74, 6) is 0.974. The maximum absolute atomic E-state index is 11.7. The lowest BCUT2D eigenvalue weighted by atomic mass is 9.97. The molecule has 0 aromatic heterocycles. The van der Waals surface area contributed by atoms with E-state index in [0.717, 1.165) is 30.4 Å². The van der Waals surface area contributed by atoms with Gasteiger partial charge in [-0.25, -0.2) is 0 Å². The van der Waals surface area contributed by atoms with Crippen LogP contribution in [0.25, 0.3) is 0 Å². The SMILES string of the molecule is COc1ccc(CO[C@@H](CC[C@@H](C)CO[Si](c2ccccc2)(c2ccccc2)C(C)(C)C)[C@@H](C)C=O)cc1. The summed E-state index contributed by atoms with van der Waals surface area (Å²) in [4.78, 5) is 11.7. The number of carbonyl (C=O) groups is 1. The van der Waals surface area contributed by atoms with Crippen molar-refractivity contribution in [1.29, 1.82) is 0 Å². The van der Waals surface area contributed by atoms with Crippen LogP contribution in [0.1, 0.15) is 53.0 Å². The van der Waals surface area contributed by atoms with Gasteiger partial charge >= 0.3 is 0 Å². The molecule has 0 saturated heterocycles. The molecule has 3 aromatic carbocycles. The molecule has 0 amide bonds. The highest BCUT2D eigenvalue weighted by molar-refractivity contribution is 6.99. The van der Waals surface area contributed by atoms with Gasteiger partial charge in [-0.3, -0.25) is 0 Å². The van der Waals surface area contributed by atoms with Crippen molar-refractivity contribution in [3.05, 3.63) is 90.5 Å². The number of rotatable bonds is 14. The van der Waals surface area contributed by atoms with Gasteiger partial charge in [-0.1, -0.05) is 107 Å². The molecule has 3 atom stereocenters. The summed E-state index contributed by atoms with van der Waals surface area (Å²) in [6.07, 6.45) is 2.60. The first-order valence-corrected chi connectivity index (χ1v) is 15.6. The van der Waals surface area contributed by atoms with Gasteiger partial charge in [0.15, 0.2) is 0 Å². The smallest absolute Gasteiger partial charge is 0.261 e. The minimum Gasteiger partial charge on any atom is -0.497 e. The Morgan fingerprint density at radius 1 is 0.816 bits per heavy atom. The highest BCUT2D eigenvalue weighted by atomic mass is 28.4. The van der Waals surface area contributed by atoms with E-state index in [1.807, 2.05) is 31.2 Å². The number of ether oxygens (including phenoxy) is 2. The Kier molecular flexibility index (Phi) is 10.9. The van der Waals surface area contributed by atoms with Gasteiger partial charge in [0.25, 0.3) is 8.32 Å². The van der Waals surface area contributed by atoms with Gasteiger partial charge in [-0.05, 0) is 51.9 Å². The Morgan fingerprint density at radius 2 is 1.37 bits per heavy atom. The second-order valence-corrected chi connectivity index (χ2v) is 15.7. The van der Waals surface area contributed by atoms with Crippen LogP contribution in [0.2, 0.25) is 5.04 Å². The summed E-state index contributed by atoms with van der Waals surface area (Å²) in [6, 6.07) is 29.4. The van der Waals surface area contributed by atoms with Crippen LogP contribution in [0.4, 0.5) is 0 Å². The van der Waals surface area contributed by atoms with Crippen molar-refractivity contribution in [2.45, 2.75) is 65.2 Å². The maximum atomic E-state index is 11.7. The van der Waals surface area contributed by atoms with Crippen LogP contribution in [0.3, 0.4) is 0 Å². The van der Waals surface area contributed by atoms with Gasteiger partial charge in [0.1, 0.15) is 12.0 Å². The Morgan fingerprint density at radius 3 is 1.84 bits per heavy atom. The molecule has 0 heterocycles. The van der Waals surface area contributed by atoms with E-state index in [2.05, 4.69) is 88.4 Å². The highest BCUT2D eigenvalue weighted by Crippen LogP contribution is 2.37. The van der Waals surface area contributed by atoms with Crippen LogP contribution < -0.4 is 15.1 Å². The molecule has 0 radical (unpaired) electrons. The van der Waals surface area contributed by atoms with Crippen molar-refractivity contribution in [2.75, 3.05) is 13.7 Å². The zero-order valence-electron chi connectivity index (χ0n) is 23.9. The number of hydrogen-bond acceptors (Lipinski definition) is 4. The van der Waals surface area contributed by atoms with E-state index in [1.165, 1.54) is 10.4 Å². The molecule has 0 aliphatic rings. The number of benzene rings is 3. The highest BCUT2D eigenvalue weighted by Gasteiger charge is 2.50. The van der Waals surface area contributed by atoms with Crippen LogP contribution in [0.5, 0.6) is 5.75 Å². The van der Waals surface area contributed by atoms with Gasteiger partial charge in [-0.2, -0.15) is 0 Å². The van der Waals surface area contributed by atoms with Crippen LogP contribution >= 0.6 is 0 Å². The standard InChI is InChI=1S/C33H44O4Si/c1-26(17-22-32(27(2)23-34)36-25-28-18-20-29(35-6)21-19-28)24-37-38(33(3,4)5,30-13-9-7-10-14-30)31-15-11-8-12-16-31/h7-16,18-21,23,26-27,32H,17,22,24-25H2,1-6H3/t26-,27+,32+/m1/s1. The van der Waals surface area contributed by atoms with Gasteiger partial charge in [0.2, 0.25) is 0 Å². The molecular weight excluding hydrogens is 488 g/mol. The van der Waals surface area contributed by atoms with Crippen LogP contribution in [-0.4, -0.2) is 34.4 Å². The van der Waals surface area contributed by atoms with E-state index < -0.39 is 8.32 Å². The molecule has 0 unspecified atom stereocenters. The second kappa shape index (κ2) is 13.9. The summed E-state index contributed by atoms with van der Waals surface area (Å²) in [6.45, 7) is 12.2. The fourth-order valence-corrected chi connectivity index (χ4v) is 9.76. The van der Waals surface area contributed by atoms with Crippen molar-refractivity contribution in [3.8, 4) is 5.75 Å². The van der Waals surface area contributed by atoms with Crippen LogP contribution in [-0.2, 0) is 20.6 Å². The van der Waals surface area contributed by atoms with E-state index in [9.17, 15) is 4.79 Å². The predicted molar refractivity (Wildman–Crippen MR) is 159 cm³/mol.